The van der Waals surface area contributed by atoms with Gasteiger partial charge in [0.15, 0.2) is 0 Å². The zero-order chi connectivity index (χ0) is 23.8. The third-order valence-electron chi connectivity index (χ3n) is 6.23. The van der Waals surface area contributed by atoms with Gasteiger partial charge in [0.25, 0.3) is 0 Å². The molecule has 2 amide bonds. The number of benzene rings is 2. The van der Waals surface area contributed by atoms with Crippen molar-refractivity contribution < 1.29 is 24.2 Å². The molecule has 0 bridgehead atoms. The molecular weight excluding hydrogens is 420 g/mol. The molecule has 0 fully saturated rings. The Bertz CT molecular complexity index is 945. The fraction of sp³-hybridized carbons (Fsp3) is 0.423. The number of unbranched alkanes of at least 4 members (excludes halogenated alkanes) is 1. The summed E-state index contributed by atoms with van der Waals surface area (Å²) >= 11 is 0. The first-order chi connectivity index (χ1) is 15.9. The zero-order valence-electron chi connectivity index (χ0n) is 19.2. The summed E-state index contributed by atoms with van der Waals surface area (Å²) in [5.41, 5.74) is 4.57. The van der Waals surface area contributed by atoms with Crippen molar-refractivity contribution in [2.75, 3.05) is 13.2 Å². The second-order valence-electron chi connectivity index (χ2n) is 8.47. The number of aliphatic carboxylic acids is 1. The van der Waals surface area contributed by atoms with Crippen LogP contribution in [0.4, 0.5) is 4.79 Å². The molecule has 0 aliphatic heterocycles. The molecule has 3 N–H and O–H groups in total. The lowest BCUT2D eigenvalue weighted by atomic mass is 9.98. The number of hydrogen-bond acceptors (Lipinski definition) is 4. The lowest BCUT2D eigenvalue weighted by Crippen LogP contribution is -2.50. The molecule has 33 heavy (non-hydrogen) atoms. The van der Waals surface area contributed by atoms with Crippen LogP contribution in [0.3, 0.4) is 0 Å². The predicted molar refractivity (Wildman–Crippen MR) is 126 cm³/mol. The molecular formula is C26H32N2O5. The third kappa shape index (κ3) is 6.12. The van der Waals surface area contributed by atoms with Gasteiger partial charge in [-0.25, -0.2) is 4.79 Å². The second-order valence-corrected chi connectivity index (χ2v) is 8.47. The summed E-state index contributed by atoms with van der Waals surface area (Å²) in [6.07, 6.45) is 1.21. The van der Waals surface area contributed by atoms with Gasteiger partial charge < -0.3 is 20.5 Å². The van der Waals surface area contributed by atoms with Gasteiger partial charge in [-0.2, -0.15) is 0 Å². The van der Waals surface area contributed by atoms with Crippen LogP contribution in [-0.4, -0.2) is 42.3 Å². The van der Waals surface area contributed by atoms with E-state index in [-0.39, 0.29) is 30.8 Å². The maximum atomic E-state index is 12.7. The van der Waals surface area contributed by atoms with Gasteiger partial charge in [0.1, 0.15) is 12.6 Å². The van der Waals surface area contributed by atoms with E-state index in [1.165, 1.54) is 0 Å². The number of carboxylic acid groups (broad SMARTS) is 1. The zero-order valence-corrected chi connectivity index (χ0v) is 19.2. The van der Waals surface area contributed by atoms with Gasteiger partial charge in [0.2, 0.25) is 5.91 Å². The molecule has 1 aliphatic rings. The third-order valence-corrected chi connectivity index (χ3v) is 6.23. The summed E-state index contributed by atoms with van der Waals surface area (Å²) in [6, 6.07) is 15.5. The Morgan fingerprint density at radius 1 is 1.00 bits per heavy atom. The van der Waals surface area contributed by atoms with Crippen molar-refractivity contribution >= 4 is 18.0 Å². The number of hydrogen-bond donors (Lipinski definition) is 3. The van der Waals surface area contributed by atoms with Gasteiger partial charge in [-0.3, -0.25) is 9.59 Å². The molecule has 3 rings (SSSR count). The highest BCUT2D eigenvalue weighted by Crippen LogP contribution is 2.44. The highest BCUT2D eigenvalue weighted by Gasteiger charge is 2.30. The van der Waals surface area contributed by atoms with E-state index in [1.54, 1.807) is 0 Å². The summed E-state index contributed by atoms with van der Waals surface area (Å²) in [4.78, 5) is 35.9. The number of ether oxygens (including phenoxy) is 1. The molecule has 0 saturated carbocycles. The summed E-state index contributed by atoms with van der Waals surface area (Å²) in [5.74, 6) is -1.26. The van der Waals surface area contributed by atoms with E-state index in [9.17, 15) is 14.4 Å². The quantitative estimate of drug-likeness (QED) is 0.441. The second kappa shape index (κ2) is 11.5. The number of nitrogens with one attached hydrogen (secondary N) is 2. The van der Waals surface area contributed by atoms with Gasteiger partial charge in [-0.1, -0.05) is 68.8 Å². The van der Waals surface area contributed by atoms with Gasteiger partial charge in [0.05, 0.1) is 0 Å². The Kier molecular flexibility index (Phi) is 8.46. The molecule has 1 aliphatic carbocycles. The van der Waals surface area contributed by atoms with Crippen LogP contribution in [0.25, 0.3) is 11.1 Å². The van der Waals surface area contributed by atoms with Crippen LogP contribution in [0.15, 0.2) is 48.5 Å². The maximum absolute atomic E-state index is 12.7. The van der Waals surface area contributed by atoms with Crippen molar-refractivity contribution in [1.82, 2.24) is 10.6 Å². The van der Waals surface area contributed by atoms with Crippen molar-refractivity contribution in [3.8, 4) is 11.1 Å². The highest BCUT2D eigenvalue weighted by atomic mass is 16.5. The van der Waals surface area contributed by atoms with Crippen LogP contribution in [0.1, 0.15) is 56.6 Å². The monoisotopic (exact) mass is 452 g/mol. The Morgan fingerprint density at radius 2 is 1.61 bits per heavy atom. The van der Waals surface area contributed by atoms with E-state index in [2.05, 4.69) is 34.9 Å². The molecule has 2 aromatic carbocycles. The van der Waals surface area contributed by atoms with Crippen LogP contribution in [0.5, 0.6) is 0 Å². The number of carbonyl (C=O) groups is 3. The van der Waals surface area contributed by atoms with Crippen LogP contribution in [-0.2, 0) is 14.3 Å². The highest BCUT2D eigenvalue weighted by molar-refractivity contribution is 5.86. The van der Waals surface area contributed by atoms with E-state index in [4.69, 9.17) is 9.84 Å². The van der Waals surface area contributed by atoms with E-state index < -0.39 is 18.1 Å². The minimum absolute atomic E-state index is 0.0479. The van der Waals surface area contributed by atoms with E-state index in [0.717, 1.165) is 22.3 Å². The van der Waals surface area contributed by atoms with Gasteiger partial charge >= 0.3 is 12.1 Å². The number of carboxylic acids is 1. The Hall–Kier alpha value is -3.35. The summed E-state index contributed by atoms with van der Waals surface area (Å²) in [7, 11) is 0. The molecule has 7 nitrogen and oxygen atoms in total. The number of carbonyl (C=O) groups excluding carboxylic acids is 2. The van der Waals surface area contributed by atoms with E-state index in [1.807, 2.05) is 38.1 Å². The number of fused-ring (bicyclic) bond motifs is 3. The van der Waals surface area contributed by atoms with Crippen LogP contribution < -0.4 is 10.6 Å². The molecule has 7 heteroatoms. The molecule has 0 heterocycles. The van der Waals surface area contributed by atoms with Crippen LogP contribution >= 0.6 is 0 Å². The maximum Gasteiger partial charge on any atom is 0.407 e. The van der Waals surface area contributed by atoms with Crippen molar-refractivity contribution in [2.24, 2.45) is 5.92 Å². The summed E-state index contributed by atoms with van der Waals surface area (Å²) in [5, 5.41) is 14.2. The van der Waals surface area contributed by atoms with Gasteiger partial charge in [-0.05, 0) is 41.0 Å². The Morgan fingerprint density at radius 3 is 2.18 bits per heavy atom. The van der Waals surface area contributed by atoms with Crippen LogP contribution in [0, 0.1) is 5.92 Å². The van der Waals surface area contributed by atoms with Gasteiger partial charge in [0, 0.05) is 18.9 Å². The average Bonchev–Trinajstić information content (AvgIpc) is 3.14. The van der Waals surface area contributed by atoms with E-state index in [0.29, 0.717) is 25.8 Å². The first-order valence-electron chi connectivity index (χ1n) is 11.5. The lowest BCUT2D eigenvalue weighted by molar-refractivity contribution is -0.137. The largest absolute Gasteiger partial charge is 0.481 e. The molecule has 176 valence electrons. The average molecular weight is 453 g/mol. The first-order valence-corrected chi connectivity index (χ1v) is 11.5. The van der Waals surface area contributed by atoms with Crippen molar-refractivity contribution in [1.29, 1.82) is 0 Å². The number of alkyl carbamates (subject to hydrolysis) is 1. The minimum Gasteiger partial charge on any atom is -0.481 e. The minimum atomic E-state index is -0.851. The SMILES string of the molecule is CCC(C)[C@H](NC(=O)OCC1c2ccccc2-c2ccccc21)C(=O)NCCCCC(=O)O. The molecule has 1 unspecified atom stereocenters. The molecule has 2 atom stereocenters. The van der Waals surface area contributed by atoms with Gasteiger partial charge in [-0.15, -0.1) is 0 Å². The summed E-state index contributed by atoms with van der Waals surface area (Å²) < 4.78 is 5.59. The summed E-state index contributed by atoms with van der Waals surface area (Å²) in [6.45, 7) is 4.41. The first kappa shape index (κ1) is 24.3. The molecule has 0 radical (unpaired) electrons. The fourth-order valence-electron chi connectivity index (χ4n) is 4.19. The van der Waals surface area contributed by atoms with Crippen LogP contribution in [0.2, 0.25) is 0 Å². The molecule has 0 saturated heterocycles. The normalized spacial score (nSPS) is 14.0. The fourth-order valence-corrected chi connectivity index (χ4v) is 4.19. The molecule has 0 aromatic heterocycles. The smallest absolute Gasteiger partial charge is 0.407 e. The predicted octanol–water partition coefficient (Wildman–Crippen LogP) is 4.31. The topological polar surface area (TPSA) is 105 Å². The molecule has 2 aromatic rings. The Balaban J connectivity index is 1.57. The standard InChI is InChI=1S/C26H32N2O5/c1-3-17(2)24(25(31)27-15-9-8-14-23(29)30)28-26(32)33-16-22-20-12-6-4-10-18(20)19-11-5-7-13-21(19)22/h4-7,10-13,17,22,24H,3,8-9,14-16H2,1-2H3,(H,27,31)(H,28,32)(H,29,30)/t17?,24-/m0/s1. The van der Waals surface area contributed by atoms with Crippen molar-refractivity contribution in [3.63, 3.8) is 0 Å². The number of amides is 2. The lowest BCUT2D eigenvalue weighted by Gasteiger charge is -2.24. The number of rotatable bonds is 11. The van der Waals surface area contributed by atoms with Crippen molar-refractivity contribution in [2.45, 2.75) is 51.5 Å². The van der Waals surface area contributed by atoms with E-state index >= 15 is 0 Å². The van der Waals surface area contributed by atoms with Crippen molar-refractivity contribution in [3.05, 3.63) is 59.7 Å². The molecule has 0 spiro atoms. The Labute approximate surface area is 194 Å².